The van der Waals surface area contributed by atoms with Crippen LogP contribution in [0.5, 0.6) is 0 Å². The number of rotatable bonds is 5. The lowest BCUT2D eigenvalue weighted by molar-refractivity contribution is -0.141. The van der Waals surface area contributed by atoms with Gasteiger partial charge in [-0.15, -0.1) is 0 Å². The smallest absolute Gasteiger partial charge is 0.315 e. The molecular formula is C13H18N2O3S. The number of nitrogens with one attached hydrogen (secondary N) is 2. The first kappa shape index (κ1) is 13.9. The van der Waals surface area contributed by atoms with Crippen molar-refractivity contribution in [3.05, 3.63) is 22.4 Å². The van der Waals surface area contributed by atoms with Gasteiger partial charge in [-0.3, -0.25) is 4.79 Å². The van der Waals surface area contributed by atoms with E-state index >= 15 is 0 Å². The number of aliphatic carboxylic acids is 1. The second kappa shape index (κ2) is 6.56. The molecule has 0 spiro atoms. The van der Waals surface area contributed by atoms with Crippen LogP contribution in [0.3, 0.4) is 0 Å². The van der Waals surface area contributed by atoms with Gasteiger partial charge in [0.1, 0.15) is 0 Å². The predicted molar refractivity (Wildman–Crippen MR) is 73.3 cm³/mol. The molecule has 0 radical (unpaired) electrons. The summed E-state index contributed by atoms with van der Waals surface area (Å²) in [5.74, 6) is -1.07. The number of carboxylic acids is 1. The molecule has 2 atom stereocenters. The van der Waals surface area contributed by atoms with Gasteiger partial charge in [-0.2, -0.15) is 11.3 Å². The molecule has 1 saturated carbocycles. The molecule has 1 fully saturated rings. The fourth-order valence-electron chi connectivity index (χ4n) is 2.33. The van der Waals surface area contributed by atoms with Gasteiger partial charge in [0.2, 0.25) is 0 Å². The van der Waals surface area contributed by atoms with E-state index in [-0.39, 0.29) is 18.0 Å². The number of thiophene rings is 1. The molecule has 0 unspecified atom stereocenters. The van der Waals surface area contributed by atoms with Crippen LogP contribution in [0.25, 0.3) is 0 Å². The molecule has 5 nitrogen and oxygen atoms in total. The Morgan fingerprint density at radius 3 is 2.89 bits per heavy atom. The number of carbonyl (C=O) groups excluding carboxylic acids is 1. The molecule has 1 aliphatic rings. The third-order valence-electron chi connectivity index (χ3n) is 3.40. The Bertz CT molecular complexity index is 433. The normalized spacial score (nSPS) is 22.1. The zero-order valence-corrected chi connectivity index (χ0v) is 11.4. The minimum Gasteiger partial charge on any atom is -0.481 e. The van der Waals surface area contributed by atoms with Gasteiger partial charge in [0.15, 0.2) is 0 Å². The second-order valence-corrected chi connectivity index (χ2v) is 5.61. The van der Waals surface area contributed by atoms with Gasteiger partial charge in [-0.25, -0.2) is 4.79 Å². The highest BCUT2D eigenvalue weighted by molar-refractivity contribution is 7.07. The molecule has 0 bridgehead atoms. The molecule has 104 valence electrons. The lowest BCUT2D eigenvalue weighted by atomic mass is 10.1. The van der Waals surface area contributed by atoms with E-state index < -0.39 is 5.97 Å². The molecule has 3 N–H and O–H groups in total. The van der Waals surface area contributed by atoms with Crippen LogP contribution in [0.1, 0.15) is 24.8 Å². The Balaban J connectivity index is 1.63. The summed E-state index contributed by atoms with van der Waals surface area (Å²) < 4.78 is 0. The second-order valence-electron chi connectivity index (χ2n) is 4.83. The summed E-state index contributed by atoms with van der Waals surface area (Å²) >= 11 is 1.64. The van der Waals surface area contributed by atoms with Gasteiger partial charge in [-0.1, -0.05) is 0 Å². The minimum absolute atomic E-state index is 0.0118. The van der Waals surface area contributed by atoms with Gasteiger partial charge in [-0.05, 0) is 48.1 Å². The number of carboxylic acid groups (broad SMARTS) is 1. The van der Waals surface area contributed by atoms with Crippen molar-refractivity contribution < 1.29 is 14.7 Å². The maximum Gasteiger partial charge on any atom is 0.315 e. The predicted octanol–water partition coefficient (Wildman–Crippen LogP) is 1.84. The molecule has 6 heteroatoms. The largest absolute Gasteiger partial charge is 0.481 e. The summed E-state index contributed by atoms with van der Waals surface area (Å²) in [4.78, 5) is 22.4. The van der Waals surface area contributed by atoms with Crippen LogP contribution in [-0.4, -0.2) is 29.7 Å². The quantitative estimate of drug-likeness (QED) is 0.771. The molecule has 2 rings (SSSR count). The molecular weight excluding hydrogens is 264 g/mol. The SMILES string of the molecule is O=C(NCCc1ccsc1)N[C@H]1CC[C@@H](C(=O)O)C1. The van der Waals surface area contributed by atoms with E-state index in [2.05, 4.69) is 16.0 Å². The van der Waals surface area contributed by atoms with Crippen molar-refractivity contribution in [1.29, 1.82) is 0 Å². The van der Waals surface area contributed by atoms with Crippen molar-refractivity contribution in [2.75, 3.05) is 6.54 Å². The first-order chi connectivity index (χ1) is 9.15. The minimum atomic E-state index is -0.762. The Kier molecular flexibility index (Phi) is 4.79. The van der Waals surface area contributed by atoms with Crippen LogP contribution < -0.4 is 10.6 Å². The van der Waals surface area contributed by atoms with Gasteiger partial charge < -0.3 is 15.7 Å². The lowest BCUT2D eigenvalue weighted by Crippen LogP contribution is -2.41. The summed E-state index contributed by atoms with van der Waals surface area (Å²) in [7, 11) is 0. The summed E-state index contributed by atoms with van der Waals surface area (Å²) in [6.07, 6.45) is 2.75. The molecule has 1 aromatic heterocycles. The van der Waals surface area contributed by atoms with Crippen molar-refractivity contribution in [1.82, 2.24) is 10.6 Å². The number of hydrogen-bond donors (Lipinski definition) is 3. The fourth-order valence-corrected chi connectivity index (χ4v) is 3.03. The van der Waals surface area contributed by atoms with Crippen molar-refractivity contribution in [2.24, 2.45) is 5.92 Å². The molecule has 0 aliphatic heterocycles. The average molecular weight is 282 g/mol. The highest BCUT2D eigenvalue weighted by atomic mass is 32.1. The van der Waals surface area contributed by atoms with Gasteiger partial charge in [0, 0.05) is 12.6 Å². The van der Waals surface area contributed by atoms with Crippen LogP contribution in [0, 0.1) is 5.92 Å². The van der Waals surface area contributed by atoms with Crippen LogP contribution in [0.15, 0.2) is 16.8 Å². The van der Waals surface area contributed by atoms with Crippen molar-refractivity contribution in [2.45, 2.75) is 31.7 Å². The Morgan fingerprint density at radius 1 is 1.42 bits per heavy atom. The van der Waals surface area contributed by atoms with Crippen LogP contribution in [-0.2, 0) is 11.2 Å². The molecule has 19 heavy (non-hydrogen) atoms. The van der Waals surface area contributed by atoms with E-state index in [0.29, 0.717) is 19.4 Å². The van der Waals surface area contributed by atoms with E-state index in [0.717, 1.165) is 12.8 Å². The standard InChI is InChI=1S/C13H18N2O3S/c16-12(17)10-1-2-11(7-10)15-13(18)14-5-3-9-4-6-19-8-9/h4,6,8,10-11H,1-3,5,7H2,(H,16,17)(H2,14,15,18)/t10-,11+/m1/s1. The van der Waals surface area contributed by atoms with Crippen LogP contribution in [0.4, 0.5) is 4.79 Å². The van der Waals surface area contributed by atoms with E-state index in [4.69, 9.17) is 5.11 Å². The zero-order chi connectivity index (χ0) is 13.7. The first-order valence-electron chi connectivity index (χ1n) is 6.43. The zero-order valence-electron chi connectivity index (χ0n) is 10.6. The maximum atomic E-state index is 11.6. The number of hydrogen-bond acceptors (Lipinski definition) is 3. The van der Waals surface area contributed by atoms with E-state index in [1.165, 1.54) is 5.56 Å². The monoisotopic (exact) mass is 282 g/mol. The molecule has 0 aromatic carbocycles. The van der Waals surface area contributed by atoms with Crippen molar-refractivity contribution >= 4 is 23.3 Å². The molecule has 1 aromatic rings. The first-order valence-corrected chi connectivity index (χ1v) is 7.37. The number of urea groups is 1. The highest BCUT2D eigenvalue weighted by Crippen LogP contribution is 2.25. The van der Waals surface area contributed by atoms with E-state index in [1.807, 2.05) is 11.4 Å². The Hall–Kier alpha value is -1.56. The maximum absolute atomic E-state index is 11.6. The van der Waals surface area contributed by atoms with Crippen molar-refractivity contribution in [3.63, 3.8) is 0 Å². The summed E-state index contributed by atoms with van der Waals surface area (Å²) in [6, 6.07) is 1.83. The third-order valence-corrected chi connectivity index (χ3v) is 4.13. The van der Waals surface area contributed by atoms with E-state index in [1.54, 1.807) is 11.3 Å². The van der Waals surface area contributed by atoms with Gasteiger partial charge in [0.05, 0.1) is 5.92 Å². The highest BCUT2D eigenvalue weighted by Gasteiger charge is 2.30. The van der Waals surface area contributed by atoms with E-state index in [9.17, 15) is 9.59 Å². The molecule has 1 aliphatic carbocycles. The van der Waals surface area contributed by atoms with Crippen LogP contribution >= 0.6 is 11.3 Å². The lowest BCUT2D eigenvalue weighted by Gasteiger charge is -2.13. The summed E-state index contributed by atoms with van der Waals surface area (Å²) in [5.41, 5.74) is 1.22. The molecule has 2 amide bonds. The Labute approximate surface area is 116 Å². The number of carbonyl (C=O) groups is 2. The van der Waals surface area contributed by atoms with Gasteiger partial charge >= 0.3 is 12.0 Å². The molecule has 0 saturated heterocycles. The molecule has 1 heterocycles. The van der Waals surface area contributed by atoms with Crippen LogP contribution in [0.2, 0.25) is 0 Å². The summed E-state index contributed by atoms with van der Waals surface area (Å²) in [6.45, 7) is 0.595. The number of amides is 2. The average Bonchev–Trinajstić information content (AvgIpc) is 3.00. The van der Waals surface area contributed by atoms with Crippen molar-refractivity contribution in [3.8, 4) is 0 Å². The topological polar surface area (TPSA) is 78.4 Å². The fraction of sp³-hybridized carbons (Fsp3) is 0.538. The Morgan fingerprint density at radius 2 is 2.26 bits per heavy atom. The summed E-state index contributed by atoms with van der Waals surface area (Å²) in [5, 5.41) is 18.6. The van der Waals surface area contributed by atoms with Gasteiger partial charge in [0.25, 0.3) is 0 Å². The third kappa shape index (κ3) is 4.24.